The molecule has 0 unspecified atom stereocenters. The molecule has 1 aromatic carbocycles. The molecular formula is C18H28N2. The van der Waals surface area contributed by atoms with E-state index in [1.807, 2.05) is 31.2 Å². The molecule has 0 aliphatic heterocycles. The lowest BCUT2D eigenvalue weighted by atomic mass is 9.84. The molecule has 0 bridgehead atoms. The van der Waals surface area contributed by atoms with Gasteiger partial charge in [-0.25, -0.2) is 0 Å². The van der Waals surface area contributed by atoms with Crippen LogP contribution in [0.4, 0.5) is 0 Å². The molecule has 0 heterocycles. The fourth-order valence-electron chi connectivity index (χ4n) is 2.40. The van der Waals surface area contributed by atoms with Crippen LogP contribution in [0.5, 0.6) is 0 Å². The van der Waals surface area contributed by atoms with Gasteiger partial charge >= 0.3 is 0 Å². The van der Waals surface area contributed by atoms with Crippen LogP contribution >= 0.6 is 0 Å². The number of benzene rings is 1. The van der Waals surface area contributed by atoms with Crippen molar-refractivity contribution in [3.8, 4) is 0 Å². The maximum atomic E-state index is 7.08. The van der Waals surface area contributed by atoms with E-state index < -0.39 is 0 Å². The predicted octanol–water partition coefficient (Wildman–Crippen LogP) is 4.78. The zero-order chi connectivity index (χ0) is 15.0. The van der Waals surface area contributed by atoms with Gasteiger partial charge in [-0.15, -0.1) is 0 Å². The number of hydrogen-bond donors (Lipinski definition) is 2. The fraction of sp³-hybridized carbons (Fsp3) is 0.500. The largest absolute Gasteiger partial charge is 0.404 e. The summed E-state index contributed by atoms with van der Waals surface area (Å²) in [5.74, 6) is 2.04. The van der Waals surface area contributed by atoms with Gasteiger partial charge in [-0.1, -0.05) is 69.4 Å². The monoisotopic (exact) mass is 272 g/mol. The van der Waals surface area contributed by atoms with Crippen molar-refractivity contribution in [2.24, 2.45) is 17.6 Å². The molecule has 1 saturated carbocycles. The highest BCUT2D eigenvalue weighted by molar-refractivity contribution is 6.08. The van der Waals surface area contributed by atoms with Crippen LogP contribution in [0.1, 0.15) is 50.7 Å². The second-order valence-electron chi connectivity index (χ2n) is 6.00. The summed E-state index contributed by atoms with van der Waals surface area (Å²) in [6.07, 6.45) is 8.59. The minimum atomic E-state index is 0.745. The second kappa shape index (κ2) is 8.57. The molecule has 0 aromatic heterocycles. The number of nitrogens with two attached hydrogens (primary N) is 1. The lowest BCUT2D eigenvalue weighted by molar-refractivity contribution is 0.308. The van der Waals surface area contributed by atoms with Crippen LogP contribution in [-0.2, 0) is 0 Å². The third kappa shape index (κ3) is 5.60. The molecule has 0 spiro atoms. The first kappa shape index (κ1) is 16.5. The van der Waals surface area contributed by atoms with E-state index in [1.54, 1.807) is 0 Å². The first-order valence-corrected chi connectivity index (χ1v) is 7.56. The highest BCUT2D eigenvalue weighted by Crippen LogP contribution is 2.27. The first-order chi connectivity index (χ1) is 9.56. The molecule has 0 atom stereocenters. The van der Waals surface area contributed by atoms with E-state index >= 15 is 0 Å². The van der Waals surface area contributed by atoms with Gasteiger partial charge in [-0.2, -0.15) is 0 Å². The molecular weight excluding hydrogens is 244 g/mol. The van der Waals surface area contributed by atoms with Crippen LogP contribution in [-0.4, -0.2) is 6.21 Å². The average molecular weight is 272 g/mol. The van der Waals surface area contributed by atoms with Crippen LogP contribution in [0, 0.1) is 24.2 Å². The molecule has 2 rings (SSSR count). The smallest absolute Gasteiger partial charge is 0.0270 e. The Hall–Kier alpha value is -1.57. The van der Waals surface area contributed by atoms with Crippen LogP contribution in [0.2, 0.25) is 0 Å². The summed E-state index contributed by atoms with van der Waals surface area (Å²) in [5, 5.41) is 7.08. The molecule has 0 amide bonds. The number of rotatable bonds is 2. The van der Waals surface area contributed by atoms with E-state index in [0.717, 1.165) is 23.0 Å². The van der Waals surface area contributed by atoms with E-state index in [2.05, 4.69) is 13.8 Å². The van der Waals surface area contributed by atoms with Crippen LogP contribution in [0.3, 0.4) is 0 Å². The van der Waals surface area contributed by atoms with Gasteiger partial charge in [0.15, 0.2) is 0 Å². The molecule has 1 aromatic rings. The second-order valence-corrected chi connectivity index (χ2v) is 6.00. The van der Waals surface area contributed by atoms with E-state index in [4.69, 9.17) is 11.1 Å². The van der Waals surface area contributed by atoms with Gasteiger partial charge in [0.05, 0.1) is 0 Å². The van der Waals surface area contributed by atoms with Crippen LogP contribution < -0.4 is 5.73 Å². The normalized spacial score (nSPS) is 22.6. The van der Waals surface area contributed by atoms with Gasteiger partial charge in [-0.05, 0) is 24.3 Å². The van der Waals surface area contributed by atoms with Crippen LogP contribution in [0.15, 0.2) is 30.5 Å². The Balaban J connectivity index is 0.000000217. The Kier molecular flexibility index (Phi) is 7.06. The van der Waals surface area contributed by atoms with E-state index in [9.17, 15) is 0 Å². The average Bonchev–Trinajstić information content (AvgIpc) is 2.46. The Bertz CT molecular complexity index is 413. The van der Waals surface area contributed by atoms with Crippen molar-refractivity contribution in [1.29, 1.82) is 5.41 Å². The zero-order valence-electron chi connectivity index (χ0n) is 13.0. The Morgan fingerprint density at radius 3 is 1.85 bits per heavy atom. The Labute approximate surface area is 123 Å². The van der Waals surface area contributed by atoms with Crippen molar-refractivity contribution >= 4 is 11.8 Å². The molecule has 0 saturated heterocycles. The van der Waals surface area contributed by atoms with Gasteiger partial charge < -0.3 is 11.1 Å². The number of aryl methyl sites for hydroxylation is 1. The molecule has 3 N–H and O–H groups in total. The van der Waals surface area contributed by atoms with Gasteiger partial charge in [0.2, 0.25) is 0 Å². The Morgan fingerprint density at radius 2 is 1.50 bits per heavy atom. The molecule has 110 valence electrons. The molecule has 1 fully saturated rings. The lowest BCUT2D eigenvalue weighted by Crippen LogP contribution is -2.08. The van der Waals surface area contributed by atoms with Crippen molar-refractivity contribution in [1.82, 2.24) is 0 Å². The summed E-state index contributed by atoms with van der Waals surface area (Å²) in [5.41, 5.74) is 8.28. The topological polar surface area (TPSA) is 49.9 Å². The minimum absolute atomic E-state index is 0.745. The summed E-state index contributed by atoms with van der Waals surface area (Å²) >= 11 is 0. The summed E-state index contributed by atoms with van der Waals surface area (Å²) in [6, 6.07) is 7.92. The highest BCUT2D eigenvalue weighted by atomic mass is 14.5. The van der Waals surface area contributed by atoms with E-state index in [0.29, 0.717) is 0 Å². The SMILES string of the molecule is CC1CCC(C)CC1.Cc1ccc(/C(C=N)=C/N)cc1. The maximum absolute atomic E-state index is 7.08. The fourth-order valence-corrected chi connectivity index (χ4v) is 2.40. The van der Waals surface area contributed by atoms with Gasteiger partial charge in [0.1, 0.15) is 0 Å². The summed E-state index contributed by atoms with van der Waals surface area (Å²) in [7, 11) is 0. The van der Waals surface area contributed by atoms with Crippen molar-refractivity contribution in [3.63, 3.8) is 0 Å². The van der Waals surface area contributed by atoms with Crippen molar-refractivity contribution < 1.29 is 0 Å². The van der Waals surface area contributed by atoms with E-state index in [-0.39, 0.29) is 0 Å². The zero-order valence-corrected chi connectivity index (χ0v) is 13.0. The van der Waals surface area contributed by atoms with Gasteiger partial charge in [0.25, 0.3) is 0 Å². The Morgan fingerprint density at radius 1 is 1.05 bits per heavy atom. The molecule has 2 nitrogen and oxygen atoms in total. The predicted molar refractivity (Wildman–Crippen MR) is 88.9 cm³/mol. The highest BCUT2D eigenvalue weighted by Gasteiger charge is 2.13. The number of allylic oxidation sites excluding steroid dienone is 1. The molecule has 1 aliphatic carbocycles. The summed E-state index contributed by atoms with van der Waals surface area (Å²) < 4.78 is 0. The standard InChI is InChI=1S/C10H12N2.C8H16/c1-8-2-4-9(5-3-8)10(6-11)7-12;1-7-3-5-8(2)6-4-7/h2-7,11H,12H2,1H3;7-8H,3-6H2,1-2H3/b10-7+,11-6?;. The number of hydrogen-bond acceptors (Lipinski definition) is 2. The summed E-state index contributed by atoms with van der Waals surface area (Å²) in [6.45, 7) is 6.76. The van der Waals surface area contributed by atoms with E-state index in [1.165, 1.54) is 43.7 Å². The molecule has 0 radical (unpaired) electrons. The quantitative estimate of drug-likeness (QED) is 0.748. The van der Waals surface area contributed by atoms with Crippen LogP contribution in [0.25, 0.3) is 5.57 Å². The third-order valence-corrected chi connectivity index (χ3v) is 4.02. The first-order valence-electron chi connectivity index (χ1n) is 7.56. The molecule has 20 heavy (non-hydrogen) atoms. The van der Waals surface area contributed by atoms with Gasteiger partial charge in [0, 0.05) is 18.0 Å². The van der Waals surface area contributed by atoms with Crippen molar-refractivity contribution in [3.05, 3.63) is 41.6 Å². The van der Waals surface area contributed by atoms with Gasteiger partial charge in [-0.3, -0.25) is 0 Å². The molecule has 2 heteroatoms. The summed E-state index contributed by atoms with van der Waals surface area (Å²) in [4.78, 5) is 0. The van der Waals surface area contributed by atoms with Crippen molar-refractivity contribution in [2.45, 2.75) is 46.5 Å². The van der Waals surface area contributed by atoms with Crippen molar-refractivity contribution in [2.75, 3.05) is 0 Å². The maximum Gasteiger partial charge on any atom is 0.0270 e. The molecule has 1 aliphatic rings. The lowest BCUT2D eigenvalue weighted by Gasteiger charge is -2.22. The number of nitrogens with one attached hydrogen (secondary N) is 1. The minimum Gasteiger partial charge on any atom is -0.404 e. The third-order valence-electron chi connectivity index (χ3n) is 4.02.